The summed E-state index contributed by atoms with van der Waals surface area (Å²) in [5.41, 5.74) is 2.77. The van der Waals surface area contributed by atoms with Gasteiger partial charge in [-0.2, -0.15) is 0 Å². The average molecular weight is 246 g/mol. The molecule has 1 unspecified atom stereocenters. The highest BCUT2D eigenvalue weighted by molar-refractivity contribution is 6.29. The van der Waals surface area contributed by atoms with Crippen molar-refractivity contribution in [2.24, 2.45) is 0 Å². The van der Waals surface area contributed by atoms with Crippen LogP contribution in [0.5, 0.6) is 0 Å². The van der Waals surface area contributed by atoms with E-state index in [1.54, 1.807) is 6.20 Å². The lowest BCUT2D eigenvalue weighted by molar-refractivity contribution is 0.756. The fraction of sp³-hybridized carbons (Fsp3) is 0.231. The first kappa shape index (κ1) is 10.5. The van der Waals surface area contributed by atoms with E-state index in [9.17, 15) is 0 Å². The number of halogens is 1. The molecule has 4 heteroatoms. The molecule has 17 heavy (non-hydrogen) atoms. The van der Waals surface area contributed by atoms with Gasteiger partial charge in [-0.15, -0.1) is 0 Å². The topological polar surface area (TPSA) is 37.8 Å². The van der Waals surface area contributed by atoms with Crippen LogP contribution in [0.1, 0.15) is 23.6 Å². The summed E-state index contributed by atoms with van der Waals surface area (Å²) in [6.45, 7) is 0. The number of nitrogens with one attached hydrogen (secondary N) is 1. The van der Waals surface area contributed by atoms with Crippen LogP contribution in [-0.2, 0) is 6.42 Å². The van der Waals surface area contributed by atoms with Gasteiger partial charge in [-0.05, 0) is 24.0 Å². The van der Waals surface area contributed by atoms with Crippen molar-refractivity contribution >= 4 is 17.4 Å². The molecule has 1 heterocycles. The summed E-state index contributed by atoms with van der Waals surface area (Å²) in [5.74, 6) is 0.735. The Bertz CT molecular complexity index is 542. The average Bonchev–Trinajstić information content (AvgIpc) is 2.73. The molecule has 0 aliphatic heterocycles. The zero-order valence-corrected chi connectivity index (χ0v) is 9.98. The van der Waals surface area contributed by atoms with E-state index in [2.05, 4.69) is 39.6 Å². The maximum absolute atomic E-state index is 5.82. The molecule has 1 N–H and O–H groups in total. The molecular formula is C13H12ClN3. The van der Waals surface area contributed by atoms with Crippen molar-refractivity contribution in [3.63, 3.8) is 0 Å². The van der Waals surface area contributed by atoms with Crippen molar-refractivity contribution in [3.05, 3.63) is 52.9 Å². The second kappa shape index (κ2) is 4.34. The van der Waals surface area contributed by atoms with E-state index in [-0.39, 0.29) is 0 Å². The van der Waals surface area contributed by atoms with E-state index in [0.717, 1.165) is 18.7 Å². The lowest BCUT2D eigenvalue weighted by atomic mass is 10.1. The highest BCUT2D eigenvalue weighted by Crippen LogP contribution is 2.33. The number of nitrogens with zero attached hydrogens (tertiary/aromatic N) is 2. The van der Waals surface area contributed by atoms with Gasteiger partial charge in [0.2, 0.25) is 0 Å². The fourth-order valence-electron chi connectivity index (χ4n) is 2.30. The van der Waals surface area contributed by atoms with E-state index < -0.39 is 0 Å². The summed E-state index contributed by atoms with van der Waals surface area (Å²) in [4.78, 5) is 8.23. The van der Waals surface area contributed by atoms with Crippen LogP contribution in [0.2, 0.25) is 5.15 Å². The monoisotopic (exact) mass is 245 g/mol. The van der Waals surface area contributed by atoms with E-state index in [1.807, 2.05) is 0 Å². The van der Waals surface area contributed by atoms with Gasteiger partial charge in [-0.1, -0.05) is 35.9 Å². The number of hydrogen-bond donors (Lipinski definition) is 1. The predicted molar refractivity (Wildman–Crippen MR) is 68.2 cm³/mol. The second-order valence-corrected chi connectivity index (χ2v) is 4.55. The number of hydrogen-bond acceptors (Lipinski definition) is 3. The summed E-state index contributed by atoms with van der Waals surface area (Å²) in [5, 5.41) is 3.80. The first-order chi connectivity index (χ1) is 8.33. The van der Waals surface area contributed by atoms with E-state index in [1.165, 1.54) is 17.3 Å². The molecule has 1 aliphatic carbocycles. The van der Waals surface area contributed by atoms with Crippen LogP contribution < -0.4 is 5.32 Å². The van der Waals surface area contributed by atoms with Crippen LogP contribution in [0, 0.1) is 0 Å². The largest absolute Gasteiger partial charge is 0.362 e. The van der Waals surface area contributed by atoms with E-state index in [4.69, 9.17) is 11.6 Å². The first-order valence-electron chi connectivity index (χ1n) is 5.65. The van der Waals surface area contributed by atoms with E-state index >= 15 is 0 Å². The van der Waals surface area contributed by atoms with Crippen LogP contribution in [0.15, 0.2) is 36.7 Å². The minimum atomic E-state index is 0.318. The molecule has 2 aromatic rings. The molecule has 3 rings (SSSR count). The summed E-state index contributed by atoms with van der Waals surface area (Å²) in [7, 11) is 0. The zero-order chi connectivity index (χ0) is 11.7. The Morgan fingerprint density at radius 1 is 1.24 bits per heavy atom. The molecule has 0 amide bonds. The van der Waals surface area contributed by atoms with Gasteiger partial charge in [0.05, 0.1) is 18.4 Å². The van der Waals surface area contributed by atoms with E-state index in [0.29, 0.717) is 11.2 Å². The summed E-state index contributed by atoms with van der Waals surface area (Å²) < 4.78 is 0. The standard InChI is InChI=1S/C13H12ClN3/c14-12-7-15-8-13(17-12)16-11-6-5-9-3-1-2-4-10(9)11/h1-4,7-8,11H,5-6H2,(H,16,17). The van der Waals surface area contributed by atoms with Gasteiger partial charge < -0.3 is 5.32 Å². The maximum Gasteiger partial charge on any atom is 0.149 e. The quantitative estimate of drug-likeness (QED) is 0.883. The van der Waals surface area contributed by atoms with Gasteiger partial charge in [-0.25, -0.2) is 4.98 Å². The molecule has 1 aromatic carbocycles. The Hall–Kier alpha value is -1.61. The van der Waals surface area contributed by atoms with Gasteiger partial charge in [0.15, 0.2) is 0 Å². The molecule has 1 aliphatic rings. The van der Waals surface area contributed by atoms with Gasteiger partial charge >= 0.3 is 0 Å². The molecule has 0 fully saturated rings. The maximum atomic E-state index is 5.82. The predicted octanol–water partition coefficient (Wildman–Crippen LogP) is 3.23. The van der Waals surface area contributed by atoms with Crippen molar-refractivity contribution < 1.29 is 0 Å². The van der Waals surface area contributed by atoms with Crippen LogP contribution in [-0.4, -0.2) is 9.97 Å². The van der Waals surface area contributed by atoms with Crippen molar-refractivity contribution in [1.29, 1.82) is 0 Å². The molecule has 3 nitrogen and oxygen atoms in total. The van der Waals surface area contributed by atoms with Gasteiger partial charge in [0.1, 0.15) is 11.0 Å². The third kappa shape index (κ3) is 2.11. The highest BCUT2D eigenvalue weighted by atomic mass is 35.5. The number of aryl methyl sites for hydroxylation is 1. The van der Waals surface area contributed by atoms with Crippen molar-refractivity contribution in [2.75, 3.05) is 5.32 Å². The Kier molecular flexibility index (Phi) is 2.69. The molecule has 1 atom stereocenters. The van der Waals surface area contributed by atoms with Gasteiger partial charge in [0.25, 0.3) is 0 Å². The smallest absolute Gasteiger partial charge is 0.149 e. The Labute approximate surface area is 105 Å². The zero-order valence-electron chi connectivity index (χ0n) is 9.23. The number of rotatable bonds is 2. The van der Waals surface area contributed by atoms with Crippen LogP contribution in [0.4, 0.5) is 5.82 Å². The normalized spacial score (nSPS) is 17.8. The Morgan fingerprint density at radius 2 is 2.12 bits per heavy atom. The molecule has 0 saturated heterocycles. The molecule has 1 aromatic heterocycles. The Balaban J connectivity index is 1.84. The molecular weight excluding hydrogens is 234 g/mol. The molecule has 0 bridgehead atoms. The van der Waals surface area contributed by atoms with Gasteiger partial charge in [0, 0.05) is 0 Å². The summed E-state index contributed by atoms with van der Waals surface area (Å²) in [6.07, 6.45) is 5.44. The Morgan fingerprint density at radius 3 is 3.00 bits per heavy atom. The summed E-state index contributed by atoms with van der Waals surface area (Å²) in [6, 6.07) is 8.82. The number of fused-ring (bicyclic) bond motifs is 1. The molecule has 0 spiro atoms. The third-order valence-corrected chi connectivity index (χ3v) is 3.24. The number of aromatic nitrogens is 2. The third-order valence-electron chi connectivity index (χ3n) is 3.06. The molecule has 0 saturated carbocycles. The van der Waals surface area contributed by atoms with Crippen LogP contribution >= 0.6 is 11.6 Å². The highest BCUT2D eigenvalue weighted by Gasteiger charge is 2.21. The van der Waals surface area contributed by atoms with Crippen molar-refractivity contribution in [3.8, 4) is 0 Å². The molecule has 0 radical (unpaired) electrons. The van der Waals surface area contributed by atoms with Crippen molar-refractivity contribution in [1.82, 2.24) is 9.97 Å². The lowest BCUT2D eigenvalue weighted by Crippen LogP contribution is -2.08. The first-order valence-corrected chi connectivity index (χ1v) is 6.02. The van der Waals surface area contributed by atoms with Crippen LogP contribution in [0.25, 0.3) is 0 Å². The van der Waals surface area contributed by atoms with Gasteiger partial charge in [-0.3, -0.25) is 4.98 Å². The fourth-order valence-corrected chi connectivity index (χ4v) is 2.44. The number of anilines is 1. The summed E-state index contributed by atoms with van der Waals surface area (Å²) >= 11 is 5.82. The van der Waals surface area contributed by atoms with Crippen LogP contribution in [0.3, 0.4) is 0 Å². The molecule has 86 valence electrons. The van der Waals surface area contributed by atoms with Crippen molar-refractivity contribution in [2.45, 2.75) is 18.9 Å². The second-order valence-electron chi connectivity index (χ2n) is 4.16. The SMILES string of the molecule is Clc1cncc(NC2CCc3ccccc32)n1. The minimum absolute atomic E-state index is 0.318. The minimum Gasteiger partial charge on any atom is -0.362 e. The number of benzene rings is 1. The lowest BCUT2D eigenvalue weighted by Gasteiger charge is -2.14.